The van der Waals surface area contributed by atoms with Crippen molar-refractivity contribution >= 4 is 41.1 Å². The smallest absolute Gasteiger partial charge is 0.306 e. The van der Waals surface area contributed by atoms with Crippen LogP contribution in [0.5, 0.6) is 5.88 Å². The van der Waals surface area contributed by atoms with E-state index in [2.05, 4.69) is 25.7 Å². The average Bonchev–Trinajstić information content (AvgIpc) is 3.30. The Bertz CT molecular complexity index is 1370. The summed E-state index contributed by atoms with van der Waals surface area (Å²) in [5, 5.41) is 11.1. The third kappa shape index (κ3) is 5.80. The molecule has 1 amide bonds. The summed E-state index contributed by atoms with van der Waals surface area (Å²) in [6, 6.07) is 9.77. The van der Waals surface area contributed by atoms with E-state index in [9.17, 15) is 14.4 Å². The van der Waals surface area contributed by atoms with Gasteiger partial charge in [0.2, 0.25) is 17.0 Å². The van der Waals surface area contributed by atoms with Crippen LogP contribution >= 0.6 is 11.8 Å². The van der Waals surface area contributed by atoms with E-state index in [1.54, 1.807) is 41.9 Å². The largest absolute Gasteiger partial charge is 0.481 e. The van der Waals surface area contributed by atoms with Crippen molar-refractivity contribution in [3.63, 3.8) is 0 Å². The average molecular weight is 523 g/mol. The van der Waals surface area contributed by atoms with E-state index >= 15 is 0 Å². The van der Waals surface area contributed by atoms with E-state index in [1.807, 2.05) is 6.07 Å². The molecule has 0 aliphatic carbocycles. The maximum atomic E-state index is 13.6. The van der Waals surface area contributed by atoms with Gasteiger partial charge in [0.15, 0.2) is 5.78 Å². The van der Waals surface area contributed by atoms with Crippen molar-refractivity contribution in [2.45, 2.75) is 31.5 Å². The van der Waals surface area contributed by atoms with E-state index in [0.717, 1.165) is 0 Å². The number of methoxy groups -OCH3 is 2. The number of nitrogens with zero attached hydrogens (tertiary/aromatic N) is 4. The van der Waals surface area contributed by atoms with Crippen LogP contribution in [-0.2, 0) is 14.3 Å². The number of rotatable bonds is 9. The minimum absolute atomic E-state index is 0.0929. The zero-order chi connectivity index (χ0) is 26.5. The van der Waals surface area contributed by atoms with Crippen LogP contribution in [0.1, 0.15) is 42.2 Å². The van der Waals surface area contributed by atoms with Gasteiger partial charge in [-0.25, -0.2) is 9.67 Å². The molecule has 4 rings (SSSR count). The highest BCUT2D eigenvalue weighted by molar-refractivity contribution is 7.99. The molecule has 37 heavy (non-hydrogen) atoms. The Hall–Kier alpha value is -4.19. The van der Waals surface area contributed by atoms with Crippen LogP contribution in [0.4, 0.5) is 11.6 Å². The van der Waals surface area contributed by atoms with E-state index < -0.39 is 6.04 Å². The molecule has 1 aliphatic rings. The molecule has 192 valence electrons. The van der Waals surface area contributed by atoms with Gasteiger partial charge in [0.05, 0.1) is 38.1 Å². The molecule has 0 saturated carbocycles. The summed E-state index contributed by atoms with van der Waals surface area (Å²) in [6.45, 7) is 3.27. The molecule has 0 fully saturated rings. The van der Waals surface area contributed by atoms with E-state index in [0.29, 0.717) is 50.8 Å². The summed E-state index contributed by atoms with van der Waals surface area (Å²) in [5.41, 5.74) is 2.69. The molecule has 2 aromatic heterocycles. The maximum Gasteiger partial charge on any atom is 0.306 e. The Labute approximate surface area is 217 Å². The van der Waals surface area contributed by atoms with Gasteiger partial charge < -0.3 is 20.1 Å². The lowest BCUT2D eigenvalue weighted by Gasteiger charge is -2.28. The Morgan fingerprint density at radius 3 is 2.68 bits per heavy atom. The summed E-state index contributed by atoms with van der Waals surface area (Å²) in [6.07, 6.45) is 1.72. The van der Waals surface area contributed by atoms with Crippen LogP contribution in [0.2, 0.25) is 0 Å². The first kappa shape index (κ1) is 25.9. The van der Waals surface area contributed by atoms with E-state index in [1.165, 1.54) is 39.1 Å². The number of anilines is 2. The van der Waals surface area contributed by atoms with Crippen molar-refractivity contribution in [3.05, 3.63) is 65.0 Å². The van der Waals surface area contributed by atoms with Crippen LogP contribution in [0.25, 0.3) is 0 Å². The first-order valence-corrected chi connectivity index (χ1v) is 12.4. The number of hydrogen-bond donors (Lipinski definition) is 2. The van der Waals surface area contributed by atoms with Crippen molar-refractivity contribution in [3.8, 4) is 5.88 Å². The monoisotopic (exact) mass is 522 g/mol. The fourth-order valence-electron chi connectivity index (χ4n) is 3.82. The van der Waals surface area contributed by atoms with Gasteiger partial charge in [-0.15, -0.1) is 5.10 Å². The second-order valence-electron chi connectivity index (χ2n) is 8.13. The number of Topliss-reactive ketones (excluding diaryl/α,β-unsaturated/α-hetero) is 1. The summed E-state index contributed by atoms with van der Waals surface area (Å²) in [4.78, 5) is 45.9. The highest BCUT2D eigenvalue weighted by Gasteiger charge is 2.34. The molecule has 0 radical (unpaired) electrons. The molecule has 1 aromatic carbocycles. The minimum Gasteiger partial charge on any atom is -0.481 e. The highest BCUT2D eigenvalue weighted by Crippen LogP contribution is 2.37. The third-order valence-corrected chi connectivity index (χ3v) is 6.49. The molecule has 3 heterocycles. The summed E-state index contributed by atoms with van der Waals surface area (Å²) in [5.74, 6) is 0.527. The number of nitrogens with one attached hydrogen (secondary N) is 2. The Balaban J connectivity index is 1.70. The van der Waals surface area contributed by atoms with E-state index in [-0.39, 0.29) is 24.1 Å². The number of carbonyl (C=O) groups is 3. The van der Waals surface area contributed by atoms with Crippen molar-refractivity contribution in [2.24, 2.45) is 0 Å². The van der Waals surface area contributed by atoms with Gasteiger partial charge in [0.25, 0.3) is 5.91 Å². The maximum absolute atomic E-state index is 13.6. The number of hydrogen-bond acceptors (Lipinski definition) is 10. The van der Waals surface area contributed by atoms with Crippen LogP contribution < -0.4 is 15.4 Å². The van der Waals surface area contributed by atoms with Crippen LogP contribution in [-0.4, -0.2) is 57.4 Å². The molecule has 1 atom stereocenters. The number of ether oxygens (including phenoxy) is 2. The molecule has 0 bridgehead atoms. The molecular formula is C25H26N6O5S. The predicted molar refractivity (Wildman–Crippen MR) is 138 cm³/mol. The van der Waals surface area contributed by atoms with Crippen LogP contribution in [0.3, 0.4) is 0 Å². The highest BCUT2D eigenvalue weighted by atomic mass is 32.2. The fraction of sp³-hybridized carbons (Fsp3) is 0.280. The molecule has 11 nitrogen and oxygen atoms in total. The van der Waals surface area contributed by atoms with Crippen molar-refractivity contribution in [1.82, 2.24) is 19.7 Å². The summed E-state index contributed by atoms with van der Waals surface area (Å²) < 4.78 is 11.4. The predicted octanol–water partition coefficient (Wildman–Crippen LogP) is 3.47. The number of amides is 1. The number of fused-ring (bicyclic) bond motifs is 1. The number of esters is 1. The molecule has 0 spiro atoms. The van der Waals surface area contributed by atoms with Gasteiger partial charge in [-0.2, -0.15) is 4.98 Å². The Morgan fingerprint density at radius 2 is 2.00 bits per heavy atom. The van der Waals surface area contributed by atoms with Gasteiger partial charge in [0, 0.05) is 23.1 Å². The minimum atomic E-state index is -0.663. The molecule has 1 aliphatic heterocycles. The summed E-state index contributed by atoms with van der Waals surface area (Å²) >= 11 is 1.30. The molecule has 0 saturated heterocycles. The standard InChI is InChI=1S/C25H26N6O5S/c1-14-21(23(34)28-18-8-9-19(35-3)26-13-18)22(17-7-5-6-16(12-17)15(2)32)31-24(27-14)29-25(30-31)37-11-10-20(33)36-4/h5-9,12-13,22H,10-11H2,1-4H3,(H,28,34)(H,27,29,30). The first-order chi connectivity index (χ1) is 17.8. The Morgan fingerprint density at radius 1 is 1.19 bits per heavy atom. The number of benzene rings is 1. The SMILES string of the molecule is COC(=O)CCSc1nc2n(n1)C(c1cccc(C(C)=O)c1)C(C(=O)Nc1ccc(OC)nc1)=C(C)N2. The van der Waals surface area contributed by atoms with Gasteiger partial charge in [0.1, 0.15) is 6.04 Å². The van der Waals surface area contributed by atoms with E-state index in [4.69, 9.17) is 9.47 Å². The Kier molecular flexibility index (Phi) is 7.87. The van der Waals surface area contributed by atoms with Gasteiger partial charge >= 0.3 is 5.97 Å². The summed E-state index contributed by atoms with van der Waals surface area (Å²) in [7, 11) is 2.85. The molecule has 1 unspecified atom stereocenters. The second kappa shape index (κ2) is 11.2. The van der Waals surface area contributed by atoms with Crippen molar-refractivity contribution in [2.75, 3.05) is 30.6 Å². The second-order valence-corrected chi connectivity index (χ2v) is 9.19. The lowest BCUT2D eigenvalue weighted by Crippen LogP contribution is -2.31. The zero-order valence-corrected chi connectivity index (χ0v) is 21.6. The molecule has 2 N–H and O–H groups in total. The van der Waals surface area contributed by atoms with Gasteiger partial charge in [-0.05, 0) is 31.5 Å². The van der Waals surface area contributed by atoms with Crippen molar-refractivity contribution in [1.29, 1.82) is 0 Å². The topological polar surface area (TPSA) is 137 Å². The molecule has 12 heteroatoms. The number of aromatic nitrogens is 4. The lowest BCUT2D eigenvalue weighted by atomic mass is 9.93. The number of pyridine rings is 1. The number of allylic oxidation sites excluding steroid dienone is 1. The normalized spacial score (nSPS) is 14.4. The quantitative estimate of drug-likeness (QED) is 0.244. The first-order valence-electron chi connectivity index (χ1n) is 11.4. The van der Waals surface area contributed by atoms with Crippen LogP contribution in [0, 0.1) is 0 Å². The number of carbonyl (C=O) groups excluding carboxylic acids is 3. The number of thioether (sulfide) groups is 1. The molecular weight excluding hydrogens is 496 g/mol. The number of ketones is 1. The zero-order valence-electron chi connectivity index (χ0n) is 20.8. The molecule has 3 aromatic rings. The third-order valence-electron chi connectivity index (χ3n) is 5.66. The van der Waals surface area contributed by atoms with Gasteiger partial charge in [-0.1, -0.05) is 30.0 Å². The lowest BCUT2D eigenvalue weighted by molar-refractivity contribution is -0.140. The van der Waals surface area contributed by atoms with Crippen molar-refractivity contribution < 1.29 is 23.9 Å². The fourth-order valence-corrected chi connectivity index (χ4v) is 4.57. The van der Waals surface area contributed by atoms with Gasteiger partial charge in [-0.3, -0.25) is 14.4 Å². The van der Waals surface area contributed by atoms with Crippen LogP contribution in [0.15, 0.2) is 59.0 Å².